The number of nitrogens with zero attached hydrogens (tertiary/aromatic N) is 2. The van der Waals surface area contributed by atoms with E-state index in [9.17, 15) is 0 Å². The molecule has 5 heteroatoms. The molecular formula is C12H13ClN4. The molecule has 1 heterocycles. The molecule has 1 aliphatic rings. The lowest BCUT2D eigenvalue weighted by Crippen LogP contribution is -2.14. The number of imidazole rings is 1. The van der Waals surface area contributed by atoms with Crippen LogP contribution in [0.1, 0.15) is 24.6 Å². The Kier molecular flexibility index (Phi) is 2.26. The predicted octanol–water partition coefficient (Wildman–Crippen LogP) is 2.38. The Morgan fingerprint density at radius 3 is 2.47 bits per heavy atom. The zero-order valence-electron chi connectivity index (χ0n) is 9.23. The molecule has 0 aliphatic heterocycles. The maximum Gasteiger partial charge on any atom is 0.150 e. The van der Waals surface area contributed by atoms with Crippen LogP contribution in [0.3, 0.4) is 0 Å². The van der Waals surface area contributed by atoms with Crippen molar-refractivity contribution in [1.82, 2.24) is 9.66 Å². The summed E-state index contributed by atoms with van der Waals surface area (Å²) >= 11 is 5.85. The summed E-state index contributed by atoms with van der Waals surface area (Å²) in [5.74, 6) is 7.78. The molecule has 0 spiro atoms. The Morgan fingerprint density at radius 1 is 1.24 bits per heavy atom. The second-order valence-corrected chi connectivity index (χ2v) is 4.79. The molecule has 17 heavy (non-hydrogen) atoms. The highest BCUT2D eigenvalue weighted by Gasteiger charge is 2.30. The first-order valence-corrected chi connectivity index (χ1v) is 5.93. The van der Waals surface area contributed by atoms with Gasteiger partial charge in [-0.1, -0.05) is 23.7 Å². The summed E-state index contributed by atoms with van der Waals surface area (Å²) in [7, 11) is 0. The van der Waals surface area contributed by atoms with Gasteiger partial charge in [0.25, 0.3) is 0 Å². The van der Waals surface area contributed by atoms with Crippen molar-refractivity contribution in [2.24, 2.45) is 0 Å². The first-order valence-electron chi connectivity index (χ1n) is 5.56. The van der Waals surface area contributed by atoms with Gasteiger partial charge in [0.1, 0.15) is 11.5 Å². The monoisotopic (exact) mass is 248 g/mol. The zero-order valence-corrected chi connectivity index (χ0v) is 9.98. The van der Waals surface area contributed by atoms with Crippen molar-refractivity contribution in [3.63, 3.8) is 0 Å². The molecule has 4 nitrogen and oxygen atoms in total. The van der Waals surface area contributed by atoms with E-state index in [1.54, 1.807) is 0 Å². The Balaban J connectivity index is 2.08. The van der Waals surface area contributed by atoms with Gasteiger partial charge in [-0.05, 0) is 25.0 Å². The lowest BCUT2D eigenvalue weighted by Gasteiger charge is -2.00. The summed E-state index contributed by atoms with van der Waals surface area (Å²) in [5, 5.41) is 0.696. The van der Waals surface area contributed by atoms with E-state index in [0.29, 0.717) is 16.8 Å². The molecule has 1 aliphatic carbocycles. The van der Waals surface area contributed by atoms with E-state index in [1.807, 2.05) is 24.3 Å². The van der Waals surface area contributed by atoms with Crippen molar-refractivity contribution < 1.29 is 0 Å². The normalized spacial score (nSPS) is 15.1. The first kappa shape index (κ1) is 10.5. The third-order valence-electron chi connectivity index (χ3n) is 3.04. The summed E-state index contributed by atoms with van der Waals surface area (Å²) in [6, 6.07) is 7.45. The lowest BCUT2D eigenvalue weighted by atomic mass is 10.1. The van der Waals surface area contributed by atoms with Crippen molar-refractivity contribution >= 4 is 17.4 Å². The van der Waals surface area contributed by atoms with E-state index in [2.05, 4.69) is 4.98 Å². The number of benzene rings is 1. The quantitative estimate of drug-likeness (QED) is 0.802. The third kappa shape index (κ3) is 1.74. The van der Waals surface area contributed by atoms with Crippen LogP contribution in [-0.4, -0.2) is 9.66 Å². The van der Waals surface area contributed by atoms with Crippen LogP contribution in [0, 0.1) is 0 Å². The summed E-state index contributed by atoms with van der Waals surface area (Å²) in [6.45, 7) is 0. The van der Waals surface area contributed by atoms with Gasteiger partial charge in [0.15, 0.2) is 5.82 Å². The topological polar surface area (TPSA) is 69.9 Å². The minimum absolute atomic E-state index is 0.475. The highest BCUT2D eigenvalue weighted by molar-refractivity contribution is 6.30. The summed E-state index contributed by atoms with van der Waals surface area (Å²) in [6.07, 6.45) is 2.29. The molecule has 0 unspecified atom stereocenters. The number of aromatic nitrogens is 2. The number of hydrogen-bond acceptors (Lipinski definition) is 3. The fraction of sp³-hybridized carbons (Fsp3) is 0.250. The molecule has 0 amide bonds. The highest BCUT2D eigenvalue weighted by atomic mass is 35.5. The molecule has 1 aromatic carbocycles. The molecule has 1 saturated carbocycles. The van der Waals surface area contributed by atoms with E-state index >= 15 is 0 Å². The van der Waals surface area contributed by atoms with Crippen LogP contribution in [0.2, 0.25) is 5.02 Å². The van der Waals surface area contributed by atoms with Gasteiger partial charge in [-0.3, -0.25) is 0 Å². The average Bonchev–Trinajstić information content (AvgIpc) is 3.11. The maximum atomic E-state index is 5.98. The molecule has 0 atom stereocenters. The predicted molar refractivity (Wildman–Crippen MR) is 69.2 cm³/mol. The van der Waals surface area contributed by atoms with Gasteiger partial charge < -0.3 is 11.6 Å². The van der Waals surface area contributed by atoms with Crippen LogP contribution < -0.4 is 11.6 Å². The van der Waals surface area contributed by atoms with Gasteiger partial charge in [-0.25, -0.2) is 9.66 Å². The van der Waals surface area contributed by atoms with Crippen molar-refractivity contribution in [2.45, 2.75) is 18.8 Å². The molecule has 0 bridgehead atoms. The number of nitrogen functional groups attached to an aromatic ring is 2. The summed E-state index contributed by atoms with van der Waals surface area (Å²) in [5.41, 5.74) is 7.67. The molecule has 0 radical (unpaired) electrons. The van der Waals surface area contributed by atoms with Gasteiger partial charge in [0.05, 0.1) is 0 Å². The van der Waals surface area contributed by atoms with E-state index in [-0.39, 0.29) is 0 Å². The molecule has 3 rings (SSSR count). The van der Waals surface area contributed by atoms with Crippen molar-refractivity contribution in [3.8, 4) is 11.3 Å². The van der Waals surface area contributed by atoms with Crippen LogP contribution in [0.25, 0.3) is 11.3 Å². The van der Waals surface area contributed by atoms with Crippen LogP contribution >= 0.6 is 11.6 Å². The fourth-order valence-electron chi connectivity index (χ4n) is 1.91. The number of hydrogen-bond donors (Lipinski definition) is 2. The molecule has 1 fully saturated rings. The third-order valence-corrected chi connectivity index (χ3v) is 3.29. The number of nitrogens with two attached hydrogens (primary N) is 2. The highest BCUT2D eigenvalue weighted by Crippen LogP contribution is 2.41. The van der Waals surface area contributed by atoms with Gasteiger partial charge >= 0.3 is 0 Å². The molecular weight excluding hydrogens is 236 g/mol. The van der Waals surface area contributed by atoms with Crippen LogP contribution in [0.4, 0.5) is 5.82 Å². The van der Waals surface area contributed by atoms with Gasteiger partial charge in [0, 0.05) is 16.5 Å². The fourth-order valence-corrected chi connectivity index (χ4v) is 2.04. The molecule has 2 aromatic rings. The molecule has 0 saturated heterocycles. The smallest absolute Gasteiger partial charge is 0.150 e. The van der Waals surface area contributed by atoms with E-state index in [0.717, 1.165) is 29.9 Å². The van der Waals surface area contributed by atoms with E-state index in [1.165, 1.54) is 4.68 Å². The standard InChI is InChI=1S/C12H13ClN4/c13-9-5-3-7(4-6-9)10-11(14)17(15)12(16-10)8-1-2-8/h3-6,8H,1-2,14-15H2. The molecule has 88 valence electrons. The Labute approximate surface area is 104 Å². The second kappa shape index (κ2) is 3.67. The Morgan fingerprint density at radius 2 is 1.88 bits per heavy atom. The largest absolute Gasteiger partial charge is 0.382 e. The lowest BCUT2D eigenvalue weighted by molar-refractivity contribution is 0.855. The van der Waals surface area contributed by atoms with E-state index < -0.39 is 0 Å². The zero-order chi connectivity index (χ0) is 12.0. The Hall–Kier alpha value is -1.68. The first-order chi connectivity index (χ1) is 8.16. The summed E-state index contributed by atoms with van der Waals surface area (Å²) in [4.78, 5) is 4.54. The minimum Gasteiger partial charge on any atom is -0.382 e. The number of halogens is 1. The summed E-state index contributed by atoms with van der Waals surface area (Å²) < 4.78 is 1.50. The van der Waals surface area contributed by atoms with Gasteiger partial charge in [0.2, 0.25) is 0 Å². The SMILES string of the molecule is Nc1c(-c2ccc(Cl)cc2)nc(C2CC2)n1N. The second-order valence-electron chi connectivity index (χ2n) is 4.36. The average molecular weight is 249 g/mol. The van der Waals surface area contributed by atoms with Crippen LogP contribution in [-0.2, 0) is 0 Å². The number of rotatable bonds is 2. The van der Waals surface area contributed by atoms with Crippen molar-refractivity contribution in [3.05, 3.63) is 35.1 Å². The molecule has 4 N–H and O–H groups in total. The van der Waals surface area contributed by atoms with Crippen molar-refractivity contribution in [1.29, 1.82) is 0 Å². The minimum atomic E-state index is 0.475. The van der Waals surface area contributed by atoms with Crippen LogP contribution in [0.15, 0.2) is 24.3 Å². The van der Waals surface area contributed by atoms with Gasteiger partial charge in [-0.2, -0.15) is 0 Å². The Bertz CT molecular complexity index is 555. The molecule has 1 aromatic heterocycles. The van der Waals surface area contributed by atoms with Gasteiger partial charge in [-0.15, -0.1) is 0 Å². The number of anilines is 1. The van der Waals surface area contributed by atoms with Crippen LogP contribution in [0.5, 0.6) is 0 Å². The van der Waals surface area contributed by atoms with Crippen molar-refractivity contribution in [2.75, 3.05) is 11.6 Å². The maximum absolute atomic E-state index is 5.98. The van der Waals surface area contributed by atoms with E-state index in [4.69, 9.17) is 23.2 Å².